The standard InChI is InChI=1S/C21H21ClNO8P/c1-23-7-6-12(16(26)10-23)19-18(31-32(27,28)29)9-15(25)20-14(24)8-17(30-21(19)20)11-4-2-3-5-13(11)22/h2-5,8-9,12,16,25-26H,6-7,10H2,1H3,(H2,27,28,29)/p+1/t12-,16+/m0/s1. The maximum atomic E-state index is 12.9. The predicted molar refractivity (Wildman–Crippen MR) is 117 cm³/mol. The number of phenols is 1. The SMILES string of the molecule is C[NH+]1CC[C@H](c2c(OP(=O)(O)O)cc(O)c3c(=O)cc(-c4ccccc4Cl)oc23)[C@H](O)C1. The third-order valence-electron chi connectivity index (χ3n) is 5.61. The largest absolute Gasteiger partial charge is 0.524 e. The van der Waals surface area contributed by atoms with Crippen LogP contribution in [0.5, 0.6) is 11.5 Å². The lowest BCUT2D eigenvalue weighted by atomic mass is 9.85. The molecular formula is C21H22ClNO8P+. The van der Waals surface area contributed by atoms with Crippen molar-refractivity contribution in [3.63, 3.8) is 0 Å². The molecular weight excluding hydrogens is 461 g/mol. The van der Waals surface area contributed by atoms with Crippen molar-refractivity contribution in [1.82, 2.24) is 0 Å². The number of quaternary nitrogens is 1. The number of fused-ring (bicyclic) bond motifs is 1. The van der Waals surface area contributed by atoms with Crippen molar-refractivity contribution < 1.29 is 38.4 Å². The minimum atomic E-state index is -5.02. The first kappa shape index (κ1) is 22.8. The Morgan fingerprint density at radius 2 is 1.97 bits per heavy atom. The third-order valence-corrected chi connectivity index (χ3v) is 6.38. The van der Waals surface area contributed by atoms with Crippen molar-refractivity contribution >= 4 is 30.4 Å². The molecule has 11 heteroatoms. The first-order valence-corrected chi connectivity index (χ1v) is 11.8. The first-order valence-electron chi connectivity index (χ1n) is 9.88. The molecule has 1 aliphatic heterocycles. The monoisotopic (exact) mass is 482 g/mol. The fourth-order valence-corrected chi connectivity index (χ4v) is 4.83. The average molecular weight is 483 g/mol. The second-order valence-electron chi connectivity index (χ2n) is 7.92. The first-order chi connectivity index (χ1) is 15.0. The van der Waals surface area contributed by atoms with Crippen LogP contribution in [0.25, 0.3) is 22.3 Å². The fraction of sp³-hybridized carbons (Fsp3) is 0.286. The second kappa shape index (κ2) is 8.51. The molecule has 32 heavy (non-hydrogen) atoms. The number of phenolic OH excluding ortho intramolecular Hbond substituents is 1. The van der Waals surface area contributed by atoms with Crippen molar-refractivity contribution in [2.24, 2.45) is 0 Å². The summed E-state index contributed by atoms with van der Waals surface area (Å²) in [5.74, 6) is -1.45. The van der Waals surface area contributed by atoms with Gasteiger partial charge in [-0.3, -0.25) is 14.6 Å². The Hall–Kier alpha value is -2.39. The quantitative estimate of drug-likeness (QED) is 0.353. The van der Waals surface area contributed by atoms with Gasteiger partial charge in [-0.2, -0.15) is 0 Å². The van der Waals surface area contributed by atoms with Gasteiger partial charge in [0.15, 0.2) is 5.43 Å². The van der Waals surface area contributed by atoms with E-state index in [4.69, 9.17) is 20.5 Å². The van der Waals surface area contributed by atoms with E-state index < -0.39 is 31.0 Å². The molecule has 1 aliphatic rings. The molecule has 0 spiro atoms. The highest BCUT2D eigenvalue weighted by Crippen LogP contribution is 2.47. The Morgan fingerprint density at radius 3 is 2.62 bits per heavy atom. The second-order valence-corrected chi connectivity index (χ2v) is 9.49. The molecule has 4 rings (SSSR count). The minimum Gasteiger partial charge on any atom is -0.507 e. The van der Waals surface area contributed by atoms with E-state index >= 15 is 0 Å². The van der Waals surface area contributed by atoms with Gasteiger partial charge in [0.1, 0.15) is 40.9 Å². The van der Waals surface area contributed by atoms with E-state index in [1.54, 1.807) is 24.3 Å². The fourth-order valence-electron chi connectivity index (χ4n) is 4.19. The molecule has 0 amide bonds. The number of rotatable bonds is 4. The van der Waals surface area contributed by atoms with E-state index in [1.165, 1.54) is 6.07 Å². The Balaban J connectivity index is 2.05. The Morgan fingerprint density at radius 1 is 1.25 bits per heavy atom. The van der Waals surface area contributed by atoms with Crippen LogP contribution in [0.1, 0.15) is 17.9 Å². The normalized spacial score (nSPS) is 21.6. The highest BCUT2D eigenvalue weighted by Gasteiger charge is 2.36. The van der Waals surface area contributed by atoms with Gasteiger partial charge in [-0.15, -0.1) is 0 Å². The Kier molecular flexibility index (Phi) is 6.06. The lowest BCUT2D eigenvalue weighted by molar-refractivity contribution is -0.888. The molecule has 9 nitrogen and oxygen atoms in total. The number of aliphatic hydroxyl groups is 1. The third kappa shape index (κ3) is 4.41. The van der Waals surface area contributed by atoms with E-state index in [1.807, 2.05) is 7.05 Å². The van der Waals surface area contributed by atoms with E-state index in [9.17, 15) is 29.4 Å². The van der Waals surface area contributed by atoms with Gasteiger partial charge in [0.25, 0.3) is 0 Å². The summed E-state index contributed by atoms with van der Waals surface area (Å²) in [6.07, 6.45) is -0.463. The summed E-state index contributed by atoms with van der Waals surface area (Å²) in [5, 5.41) is 21.4. The van der Waals surface area contributed by atoms with E-state index in [0.717, 1.165) is 11.0 Å². The van der Waals surface area contributed by atoms with Gasteiger partial charge in [-0.05, 0) is 12.1 Å². The molecule has 1 fully saturated rings. The van der Waals surface area contributed by atoms with Crippen molar-refractivity contribution in [2.45, 2.75) is 18.4 Å². The van der Waals surface area contributed by atoms with Gasteiger partial charge < -0.3 is 24.1 Å². The van der Waals surface area contributed by atoms with E-state index in [0.29, 0.717) is 30.1 Å². The minimum absolute atomic E-state index is 0.107. The number of hydrogen-bond acceptors (Lipinski definition) is 6. The van der Waals surface area contributed by atoms with Crippen LogP contribution in [0, 0.1) is 0 Å². The molecule has 1 saturated heterocycles. The number of likely N-dealkylation sites (N-methyl/N-ethyl adjacent to an activating group) is 1. The molecule has 3 atom stereocenters. The molecule has 0 aliphatic carbocycles. The lowest BCUT2D eigenvalue weighted by Gasteiger charge is -2.32. The molecule has 170 valence electrons. The van der Waals surface area contributed by atoms with Crippen LogP contribution >= 0.6 is 19.4 Å². The number of piperidine rings is 1. The summed E-state index contributed by atoms with van der Waals surface area (Å²) in [5.41, 5.74) is -0.143. The van der Waals surface area contributed by atoms with Crippen molar-refractivity contribution in [1.29, 1.82) is 0 Å². The molecule has 2 heterocycles. The number of phosphoric acid groups is 1. The van der Waals surface area contributed by atoms with Crippen molar-refractivity contribution in [3.05, 3.63) is 57.2 Å². The van der Waals surface area contributed by atoms with Crippen LogP contribution in [0.15, 0.2) is 45.6 Å². The van der Waals surface area contributed by atoms with E-state index in [2.05, 4.69) is 0 Å². The van der Waals surface area contributed by atoms with Gasteiger partial charge in [0.05, 0.1) is 18.6 Å². The van der Waals surface area contributed by atoms with Gasteiger partial charge in [-0.1, -0.05) is 23.7 Å². The summed E-state index contributed by atoms with van der Waals surface area (Å²) in [4.78, 5) is 32.9. The zero-order valence-corrected chi connectivity index (χ0v) is 18.6. The summed E-state index contributed by atoms with van der Waals surface area (Å²) >= 11 is 6.26. The topological polar surface area (TPSA) is 142 Å². The number of phosphoric ester groups is 1. The summed E-state index contributed by atoms with van der Waals surface area (Å²) in [6, 6.07) is 8.85. The molecule has 1 aromatic heterocycles. The maximum Gasteiger partial charge on any atom is 0.524 e. The van der Waals surface area contributed by atoms with E-state index in [-0.39, 0.29) is 28.0 Å². The lowest BCUT2D eigenvalue weighted by Crippen LogP contribution is -3.11. The highest BCUT2D eigenvalue weighted by atomic mass is 35.5. The van der Waals surface area contributed by atoms with Crippen LogP contribution in [0.2, 0.25) is 5.02 Å². The zero-order chi connectivity index (χ0) is 23.2. The Bertz CT molecular complexity index is 1290. The predicted octanol–water partition coefficient (Wildman–Crippen LogP) is 1.65. The van der Waals surface area contributed by atoms with Crippen LogP contribution in [-0.2, 0) is 4.57 Å². The molecule has 0 saturated carbocycles. The van der Waals surface area contributed by atoms with Crippen LogP contribution in [0.3, 0.4) is 0 Å². The number of likely N-dealkylation sites (tertiary alicyclic amines) is 1. The number of nitrogens with one attached hydrogen (secondary N) is 1. The molecule has 1 unspecified atom stereocenters. The Labute approximate surface area is 187 Å². The molecule has 2 aromatic carbocycles. The summed E-state index contributed by atoms with van der Waals surface area (Å²) in [7, 11) is -3.11. The van der Waals surface area contributed by atoms with Crippen molar-refractivity contribution in [2.75, 3.05) is 20.1 Å². The van der Waals surface area contributed by atoms with Gasteiger partial charge in [0.2, 0.25) is 0 Å². The highest BCUT2D eigenvalue weighted by molar-refractivity contribution is 7.46. The van der Waals surface area contributed by atoms with Crippen molar-refractivity contribution in [3.8, 4) is 22.8 Å². The number of hydrogen-bond donors (Lipinski definition) is 5. The van der Waals surface area contributed by atoms with Crippen LogP contribution in [0.4, 0.5) is 0 Å². The molecule has 0 radical (unpaired) electrons. The molecule has 0 bridgehead atoms. The van der Waals surface area contributed by atoms with Gasteiger partial charge >= 0.3 is 7.82 Å². The number of aromatic hydroxyl groups is 1. The number of aliphatic hydroxyl groups excluding tert-OH is 1. The van der Waals surface area contributed by atoms with Crippen LogP contribution in [-0.4, -0.2) is 46.2 Å². The maximum absolute atomic E-state index is 12.9. The smallest absolute Gasteiger partial charge is 0.507 e. The van der Waals surface area contributed by atoms with Crippen LogP contribution < -0.4 is 14.9 Å². The number of halogens is 1. The summed E-state index contributed by atoms with van der Waals surface area (Å²) in [6.45, 7) is 1.03. The van der Waals surface area contributed by atoms with Gasteiger partial charge in [-0.25, -0.2) is 4.57 Å². The average Bonchev–Trinajstić information content (AvgIpc) is 2.68. The zero-order valence-electron chi connectivity index (χ0n) is 17.0. The molecule has 3 aromatic rings. The van der Waals surface area contributed by atoms with Gasteiger partial charge in [0, 0.05) is 35.6 Å². The number of benzene rings is 2. The molecule has 5 N–H and O–H groups in total. The summed E-state index contributed by atoms with van der Waals surface area (Å²) < 4.78 is 22.5.